The Morgan fingerprint density at radius 3 is 2.32 bits per heavy atom. The minimum Gasteiger partial charge on any atom is -0.459 e. The maximum Gasteiger partial charge on any atom is 0.397 e. The highest BCUT2D eigenvalue weighted by Crippen LogP contribution is 2.15. The summed E-state index contributed by atoms with van der Waals surface area (Å²) < 4.78 is 4.77. The summed E-state index contributed by atoms with van der Waals surface area (Å²) in [6, 6.07) is 0. The van der Waals surface area contributed by atoms with Crippen molar-refractivity contribution in [2.24, 2.45) is 0 Å². The molecule has 0 heterocycles. The van der Waals surface area contributed by atoms with Gasteiger partial charge in [-0.25, -0.2) is 4.79 Å². The lowest BCUT2D eigenvalue weighted by atomic mass is 10.0. The second-order valence-corrected chi connectivity index (χ2v) is 5.36. The molecule has 0 aromatic carbocycles. The normalized spacial score (nSPS) is 10.7. The first-order chi connectivity index (χ1) is 8.84. The molecule has 0 bridgehead atoms. The van der Waals surface area contributed by atoms with Crippen molar-refractivity contribution in [3.8, 4) is 12.3 Å². The quantitative estimate of drug-likeness (QED) is 0.321. The predicted octanol–water partition coefficient (Wildman–Crippen LogP) is 2.37. The number of carbonyl (C=O) groups excluding carboxylic acids is 2. The van der Waals surface area contributed by atoms with Crippen LogP contribution in [0.25, 0.3) is 0 Å². The molecule has 0 aliphatic rings. The fraction of sp³-hybridized carbons (Fsp3) is 0.733. The smallest absolute Gasteiger partial charge is 0.397 e. The summed E-state index contributed by atoms with van der Waals surface area (Å²) in [6.45, 7) is 8.17. The first-order valence-corrected chi connectivity index (χ1v) is 6.76. The van der Waals surface area contributed by atoms with Gasteiger partial charge in [-0.3, -0.25) is 4.79 Å². The van der Waals surface area contributed by atoms with Crippen LogP contribution in [0.15, 0.2) is 0 Å². The highest BCUT2D eigenvalue weighted by atomic mass is 16.5. The summed E-state index contributed by atoms with van der Waals surface area (Å²) in [5.74, 6) is 1.25. The highest BCUT2D eigenvalue weighted by Gasteiger charge is 2.31. The zero-order valence-electron chi connectivity index (χ0n) is 12.5. The number of esters is 1. The van der Waals surface area contributed by atoms with Crippen LogP contribution in [0.1, 0.15) is 53.4 Å². The van der Waals surface area contributed by atoms with Gasteiger partial charge in [-0.1, -0.05) is 6.42 Å². The van der Waals surface area contributed by atoms with E-state index in [1.807, 2.05) is 20.8 Å². The van der Waals surface area contributed by atoms with Crippen LogP contribution in [0.4, 0.5) is 0 Å². The number of nitrogens with zero attached hydrogens (tertiary/aromatic N) is 1. The van der Waals surface area contributed by atoms with Crippen LogP contribution in [0.5, 0.6) is 0 Å². The lowest BCUT2D eigenvalue weighted by Gasteiger charge is -2.34. The Kier molecular flexibility index (Phi) is 7.90. The van der Waals surface area contributed by atoms with Crippen LogP contribution in [0, 0.1) is 12.3 Å². The largest absolute Gasteiger partial charge is 0.459 e. The Balaban J connectivity index is 4.45. The molecule has 4 heteroatoms. The van der Waals surface area contributed by atoms with E-state index in [4.69, 9.17) is 11.2 Å². The van der Waals surface area contributed by atoms with Gasteiger partial charge in [-0.15, -0.1) is 12.3 Å². The van der Waals surface area contributed by atoms with Crippen molar-refractivity contribution in [2.75, 3.05) is 13.2 Å². The van der Waals surface area contributed by atoms with E-state index in [9.17, 15) is 9.59 Å². The molecule has 0 aromatic heterocycles. The molecular weight excluding hydrogens is 242 g/mol. The summed E-state index contributed by atoms with van der Waals surface area (Å²) in [5, 5.41) is 0. The number of carbonyl (C=O) groups is 2. The minimum atomic E-state index is -0.777. The van der Waals surface area contributed by atoms with Crippen LogP contribution in [0.3, 0.4) is 0 Å². The van der Waals surface area contributed by atoms with Crippen LogP contribution in [0.2, 0.25) is 0 Å². The third-order valence-corrected chi connectivity index (χ3v) is 2.71. The fourth-order valence-corrected chi connectivity index (χ4v) is 1.72. The van der Waals surface area contributed by atoms with Gasteiger partial charge in [0.2, 0.25) is 0 Å². The molecule has 19 heavy (non-hydrogen) atoms. The molecule has 0 radical (unpaired) electrons. The molecule has 0 saturated heterocycles. The van der Waals surface area contributed by atoms with Gasteiger partial charge in [0.05, 0.1) is 6.61 Å². The average Bonchev–Trinajstić information content (AvgIpc) is 2.31. The molecule has 0 aliphatic heterocycles. The SMILES string of the molecule is C#CCCCCCN(C(=O)C(=O)OCC)C(C)(C)C. The van der Waals surface area contributed by atoms with E-state index in [1.165, 1.54) is 0 Å². The van der Waals surface area contributed by atoms with Gasteiger partial charge in [-0.05, 0) is 40.5 Å². The van der Waals surface area contributed by atoms with Gasteiger partial charge in [-0.2, -0.15) is 0 Å². The van der Waals surface area contributed by atoms with Crippen LogP contribution < -0.4 is 0 Å². The van der Waals surface area contributed by atoms with Crippen molar-refractivity contribution in [2.45, 2.75) is 58.9 Å². The molecule has 0 aromatic rings. The van der Waals surface area contributed by atoms with Gasteiger partial charge in [0.15, 0.2) is 0 Å². The second kappa shape index (κ2) is 8.58. The number of hydrogen-bond acceptors (Lipinski definition) is 3. The van der Waals surface area contributed by atoms with E-state index in [0.29, 0.717) is 6.54 Å². The first kappa shape index (κ1) is 17.5. The molecule has 0 unspecified atom stereocenters. The van der Waals surface area contributed by atoms with Gasteiger partial charge >= 0.3 is 11.9 Å². The zero-order valence-corrected chi connectivity index (χ0v) is 12.5. The predicted molar refractivity (Wildman–Crippen MR) is 75.4 cm³/mol. The van der Waals surface area contributed by atoms with Crippen LogP contribution >= 0.6 is 0 Å². The molecule has 4 nitrogen and oxygen atoms in total. The molecule has 0 aliphatic carbocycles. The second-order valence-electron chi connectivity index (χ2n) is 5.36. The molecular formula is C15H25NO3. The number of unbranched alkanes of at least 4 members (excludes halogenated alkanes) is 3. The third-order valence-electron chi connectivity index (χ3n) is 2.71. The minimum absolute atomic E-state index is 0.213. The number of hydrogen-bond donors (Lipinski definition) is 0. The average molecular weight is 267 g/mol. The molecule has 1 amide bonds. The fourth-order valence-electron chi connectivity index (χ4n) is 1.72. The van der Waals surface area contributed by atoms with E-state index < -0.39 is 17.4 Å². The Morgan fingerprint density at radius 2 is 1.84 bits per heavy atom. The summed E-state index contributed by atoms with van der Waals surface area (Å²) in [7, 11) is 0. The first-order valence-electron chi connectivity index (χ1n) is 6.76. The number of amides is 1. The van der Waals surface area contributed by atoms with Gasteiger partial charge in [0, 0.05) is 18.5 Å². The summed E-state index contributed by atoms with van der Waals surface area (Å²) in [5.41, 5.74) is -0.393. The standard InChI is InChI=1S/C15H25NO3/c1-6-8-9-10-11-12-16(15(3,4)5)13(17)14(18)19-7-2/h1H,7-12H2,2-5H3. The van der Waals surface area contributed by atoms with Crippen LogP contribution in [-0.2, 0) is 14.3 Å². The summed E-state index contributed by atoms with van der Waals surface area (Å²) >= 11 is 0. The molecule has 0 fully saturated rings. The van der Waals surface area contributed by atoms with Crippen molar-refractivity contribution in [1.82, 2.24) is 4.90 Å². The molecule has 108 valence electrons. The molecule has 0 saturated carbocycles. The summed E-state index contributed by atoms with van der Waals surface area (Å²) in [4.78, 5) is 25.1. The van der Waals surface area contributed by atoms with Gasteiger partial charge in [0.1, 0.15) is 0 Å². The maximum atomic E-state index is 12.0. The Labute approximate surface area is 116 Å². The van der Waals surface area contributed by atoms with Gasteiger partial charge in [0.25, 0.3) is 0 Å². The van der Waals surface area contributed by atoms with Gasteiger partial charge < -0.3 is 9.64 Å². The topological polar surface area (TPSA) is 46.6 Å². The zero-order chi connectivity index (χ0) is 14.9. The van der Waals surface area contributed by atoms with Crippen molar-refractivity contribution in [1.29, 1.82) is 0 Å². The third kappa shape index (κ3) is 6.85. The van der Waals surface area contributed by atoms with E-state index >= 15 is 0 Å². The number of terminal acetylenes is 1. The Hall–Kier alpha value is -1.50. The monoisotopic (exact) mass is 267 g/mol. The maximum absolute atomic E-state index is 12.0. The molecule has 0 rings (SSSR count). The van der Waals surface area contributed by atoms with E-state index in [2.05, 4.69) is 5.92 Å². The van der Waals surface area contributed by atoms with Crippen molar-refractivity contribution in [3.63, 3.8) is 0 Å². The van der Waals surface area contributed by atoms with E-state index in [0.717, 1.165) is 25.7 Å². The summed E-state index contributed by atoms with van der Waals surface area (Å²) in [6.07, 6.45) is 8.67. The Bertz CT molecular complexity index is 336. The Morgan fingerprint density at radius 1 is 1.21 bits per heavy atom. The highest BCUT2D eigenvalue weighted by molar-refractivity contribution is 6.32. The number of ether oxygens (including phenoxy) is 1. The lowest BCUT2D eigenvalue weighted by Crippen LogP contribution is -2.49. The van der Waals surface area contributed by atoms with Crippen molar-refractivity contribution >= 4 is 11.9 Å². The van der Waals surface area contributed by atoms with Crippen LogP contribution in [-0.4, -0.2) is 35.5 Å². The lowest BCUT2D eigenvalue weighted by molar-refractivity contribution is -0.162. The molecule has 0 N–H and O–H groups in total. The molecule has 0 atom stereocenters. The van der Waals surface area contributed by atoms with E-state index in [1.54, 1.807) is 11.8 Å². The van der Waals surface area contributed by atoms with Crippen molar-refractivity contribution < 1.29 is 14.3 Å². The van der Waals surface area contributed by atoms with Crippen molar-refractivity contribution in [3.05, 3.63) is 0 Å². The molecule has 0 spiro atoms. The number of rotatable bonds is 6. The van der Waals surface area contributed by atoms with E-state index in [-0.39, 0.29) is 6.61 Å².